The van der Waals surface area contributed by atoms with Crippen LogP contribution in [0.4, 0.5) is 5.69 Å². The number of Topliss-reactive ketones (excluding diaryl/α,β-unsaturated/α-hetero) is 1. The van der Waals surface area contributed by atoms with E-state index in [4.69, 9.17) is 15.3 Å². The molecule has 7 nitrogen and oxygen atoms in total. The number of para-hydroxylation sites is 1. The Morgan fingerprint density at radius 3 is 2.26 bits per heavy atom. The molecule has 0 aromatic heterocycles. The topological polar surface area (TPSA) is 103 Å². The maximum absolute atomic E-state index is 12.7. The average molecular weight is 417 g/mol. The Morgan fingerprint density at radius 2 is 1.61 bits per heavy atom. The number of hydrogen-bond donors (Lipinski definition) is 2. The van der Waals surface area contributed by atoms with Gasteiger partial charge in [-0.2, -0.15) is 5.10 Å². The minimum Gasteiger partial charge on any atom is -0.493 e. The molecular formula is C24H23N3O4. The Labute approximate surface area is 180 Å². The Bertz CT molecular complexity index is 1070. The molecule has 7 heteroatoms. The highest BCUT2D eigenvalue weighted by Gasteiger charge is 2.17. The van der Waals surface area contributed by atoms with Crippen LogP contribution in [0.15, 0.2) is 84.0 Å². The molecule has 0 spiro atoms. The number of nitrogens with one attached hydrogen (secondary N) is 1. The Hall–Kier alpha value is -4.13. The van der Waals surface area contributed by atoms with Crippen LogP contribution < -0.4 is 20.6 Å². The third-order valence-electron chi connectivity index (χ3n) is 4.45. The summed E-state index contributed by atoms with van der Waals surface area (Å²) in [5, 5.41) is 6.43. The van der Waals surface area contributed by atoms with Crippen LogP contribution in [0.1, 0.15) is 11.1 Å². The van der Waals surface area contributed by atoms with Crippen molar-refractivity contribution < 1.29 is 19.1 Å². The predicted molar refractivity (Wildman–Crippen MR) is 119 cm³/mol. The molecule has 3 aromatic carbocycles. The van der Waals surface area contributed by atoms with Gasteiger partial charge in [0, 0.05) is 17.7 Å². The highest BCUT2D eigenvalue weighted by Crippen LogP contribution is 2.28. The monoisotopic (exact) mass is 417 g/mol. The molecule has 0 saturated carbocycles. The maximum atomic E-state index is 12.7. The van der Waals surface area contributed by atoms with Crippen molar-refractivity contribution in [3.8, 4) is 11.5 Å². The highest BCUT2D eigenvalue weighted by atomic mass is 16.5. The number of hydrogen-bond acceptors (Lipinski definition) is 6. The first-order valence-electron chi connectivity index (χ1n) is 9.62. The van der Waals surface area contributed by atoms with E-state index in [1.54, 1.807) is 30.3 Å². The predicted octanol–water partition coefficient (Wildman–Crippen LogP) is 3.19. The van der Waals surface area contributed by atoms with E-state index in [0.717, 1.165) is 5.56 Å². The van der Waals surface area contributed by atoms with E-state index in [2.05, 4.69) is 10.4 Å². The molecule has 3 aromatic rings. The molecule has 0 bridgehead atoms. The van der Waals surface area contributed by atoms with Gasteiger partial charge in [0.25, 0.3) is 5.91 Å². The summed E-state index contributed by atoms with van der Waals surface area (Å²) in [6.45, 7) is -0.199. The van der Waals surface area contributed by atoms with E-state index in [0.29, 0.717) is 22.7 Å². The van der Waals surface area contributed by atoms with Gasteiger partial charge in [-0.15, -0.1) is 0 Å². The van der Waals surface area contributed by atoms with Gasteiger partial charge >= 0.3 is 0 Å². The summed E-state index contributed by atoms with van der Waals surface area (Å²) >= 11 is 0. The largest absolute Gasteiger partial charge is 0.493 e. The van der Waals surface area contributed by atoms with Gasteiger partial charge in [-0.1, -0.05) is 48.5 Å². The van der Waals surface area contributed by atoms with Crippen molar-refractivity contribution in [2.24, 2.45) is 10.9 Å². The van der Waals surface area contributed by atoms with Crippen molar-refractivity contribution >= 4 is 23.1 Å². The number of carbonyl (C=O) groups excluding carboxylic acids is 2. The van der Waals surface area contributed by atoms with E-state index in [9.17, 15) is 9.59 Å². The number of anilines is 1. The summed E-state index contributed by atoms with van der Waals surface area (Å²) in [6, 6.07) is 23.3. The lowest BCUT2D eigenvalue weighted by molar-refractivity contribution is -0.118. The first kappa shape index (κ1) is 21.6. The summed E-state index contributed by atoms with van der Waals surface area (Å²) in [5.41, 5.74) is 2.18. The van der Waals surface area contributed by atoms with Gasteiger partial charge < -0.3 is 20.6 Å². The number of ether oxygens (including phenoxy) is 2. The molecule has 0 heterocycles. The standard InChI is InChI=1S/C24H23N3O4/c1-30-22-15-18(24(27-25)20(28)14-17-8-4-2-5-9-17)12-13-21(22)31-16-23(29)26-19-10-6-3-7-11-19/h2-13,15H,14,16,25H2,1H3,(H,26,29)/b27-24+. The lowest BCUT2D eigenvalue weighted by Gasteiger charge is -2.13. The van der Waals surface area contributed by atoms with E-state index in [1.807, 2.05) is 48.5 Å². The minimum absolute atomic E-state index is 0.135. The zero-order chi connectivity index (χ0) is 22.1. The van der Waals surface area contributed by atoms with Crippen LogP contribution in [0, 0.1) is 0 Å². The molecule has 0 aliphatic heterocycles. The Morgan fingerprint density at radius 1 is 0.935 bits per heavy atom. The first-order valence-corrected chi connectivity index (χ1v) is 9.62. The van der Waals surface area contributed by atoms with Gasteiger partial charge in [-0.05, 0) is 35.9 Å². The molecule has 0 aliphatic carbocycles. The van der Waals surface area contributed by atoms with Crippen LogP contribution in [0.25, 0.3) is 0 Å². The van der Waals surface area contributed by atoms with Crippen molar-refractivity contribution in [1.29, 1.82) is 0 Å². The third-order valence-corrected chi connectivity index (χ3v) is 4.45. The molecule has 0 radical (unpaired) electrons. The fraction of sp³-hybridized carbons (Fsp3) is 0.125. The zero-order valence-corrected chi connectivity index (χ0v) is 17.1. The zero-order valence-electron chi connectivity index (χ0n) is 17.1. The van der Waals surface area contributed by atoms with E-state index in [-0.39, 0.29) is 30.4 Å². The minimum atomic E-state index is -0.306. The van der Waals surface area contributed by atoms with E-state index in [1.165, 1.54) is 7.11 Å². The number of hydrazone groups is 1. The summed E-state index contributed by atoms with van der Waals surface area (Å²) in [6.07, 6.45) is 0.178. The molecule has 3 rings (SSSR count). The van der Waals surface area contributed by atoms with Crippen molar-refractivity contribution in [2.45, 2.75) is 6.42 Å². The lowest BCUT2D eigenvalue weighted by atomic mass is 10.0. The van der Waals surface area contributed by atoms with Gasteiger partial charge in [0.15, 0.2) is 23.9 Å². The molecule has 0 saturated heterocycles. The summed E-state index contributed by atoms with van der Waals surface area (Å²) < 4.78 is 11.0. The molecule has 158 valence electrons. The summed E-state index contributed by atoms with van der Waals surface area (Å²) in [7, 11) is 1.47. The second-order valence-corrected chi connectivity index (χ2v) is 6.63. The molecule has 0 unspecified atom stereocenters. The molecule has 0 fully saturated rings. The number of methoxy groups -OCH3 is 1. The summed E-state index contributed by atoms with van der Waals surface area (Å²) in [4.78, 5) is 24.8. The van der Waals surface area contributed by atoms with Crippen LogP contribution in [0.3, 0.4) is 0 Å². The van der Waals surface area contributed by atoms with Gasteiger partial charge in [0.2, 0.25) is 0 Å². The number of rotatable bonds is 9. The van der Waals surface area contributed by atoms with Crippen LogP contribution in [-0.4, -0.2) is 31.1 Å². The first-order chi connectivity index (χ1) is 15.1. The molecule has 0 aliphatic rings. The second kappa shape index (κ2) is 10.6. The van der Waals surface area contributed by atoms with E-state index >= 15 is 0 Å². The van der Waals surface area contributed by atoms with E-state index < -0.39 is 0 Å². The molecule has 0 atom stereocenters. The summed E-state index contributed by atoms with van der Waals surface area (Å²) in [5.74, 6) is 5.70. The molecule has 31 heavy (non-hydrogen) atoms. The maximum Gasteiger partial charge on any atom is 0.262 e. The average Bonchev–Trinajstić information content (AvgIpc) is 2.80. The number of ketones is 1. The van der Waals surface area contributed by atoms with Gasteiger partial charge in [0.05, 0.1) is 7.11 Å². The van der Waals surface area contributed by atoms with Crippen molar-refractivity contribution in [3.05, 3.63) is 90.0 Å². The normalized spacial score (nSPS) is 10.9. The Kier molecular flexibility index (Phi) is 7.37. The van der Waals surface area contributed by atoms with Crippen LogP contribution in [0.2, 0.25) is 0 Å². The smallest absolute Gasteiger partial charge is 0.262 e. The van der Waals surface area contributed by atoms with Crippen LogP contribution >= 0.6 is 0 Å². The number of benzene rings is 3. The second-order valence-electron chi connectivity index (χ2n) is 6.63. The fourth-order valence-corrected chi connectivity index (χ4v) is 2.97. The van der Waals surface area contributed by atoms with Gasteiger partial charge in [0.1, 0.15) is 5.71 Å². The lowest BCUT2D eigenvalue weighted by Crippen LogP contribution is -2.21. The molecule has 3 N–H and O–H groups in total. The van der Waals surface area contributed by atoms with Crippen molar-refractivity contribution in [2.75, 3.05) is 19.0 Å². The molecule has 1 amide bonds. The Balaban J connectivity index is 1.68. The number of amides is 1. The SMILES string of the molecule is COc1cc(/C(=N\N)C(=O)Cc2ccccc2)ccc1OCC(=O)Nc1ccccc1. The quantitative estimate of drug-likeness (QED) is 0.316. The number of carbonyl (C=O) groups is 2. The highest BCUT2D eigenvalue weighted by molar-refractivity contribution is 6.46. The molecular weight excluding hydrogens is 394 g/mol. The van der Waals surface area contributed by atoms with Crippen LogP contribution in [0.5, 0.6) is 11.5 Å². The van der Waals surface area contributed by atoms with Crippen LogP contribution in [-0.2, 0) is 16.0 Å². The van der Waals surface area contributed by atoms with Gasteiger partial charge in [-0.3, -0.25) is 9.59 Å². The van der Waals surface area contributed by atoms with Gasteiger partial charge in [-0.25, -0.2) is 0 Å². The number of nitrogens with zero attached hydrogens (tertiary/aromatic N) is 1. The third kappa shape index (κ3) is 5.93. The van der Waals surface area contributed by atoms with Crippen molar-refractivity contribution in [3.63, 3.8) is 0 Å². The van der Waals surface area contributed by atoms with Crippen molar-refractivity contribution in [1.82, 2.24) is 0 Å². The number of nitrogens with two attached hydrogens (primary N) is 1. The fourth-order valence-electron chi connectivity index (χ4n) is 2.97.